The molecule has 0 bridgehead atoms. The lowest BCUT2D eigenvalue weighted by atomic mass is 9.85. The lowest BCUT2D eigenvalue weighted by molar-refractivity contribution is 0.685. The first kappa shape index (κ1) is 11.3. The summed E-state index contributed by atoms with van der Waals surface area (Å²) in [5, 5.41) is 9.88. The van der Waals surface area contributed by atoms with E-state index in [1.807, 2.05) is 13.8 Å². The number of hydrogen-bond donors (Lipinski definition) is 0. The Balaban J connectivity index is 3.24. The number of nitrogens with zero attached hydrogens (tertiary/aromatic N) is 1. The Morgan fingerprint density at radius 1 is 1.36 bits per heavy atom. The number of rotatable bonds is 2. The van der Waals surface area contributed by atoms with Crippen LogP contribution in [0, 0.1) is 18.3 Å². The fourth-order valence-corrected chi connectivity index (χ4v) is 1.69. The molecule has 0 heterocycles. The molecule has 0 spiro atoms. The first-order valence-electron chi connectivity index (χ1n) is 4.58. The Hall–Kier alpha value is -0.810. The molecular formula is C12H14BrN. The van der Waals surface area contributed by atoms with E-state index in [9.17, 15) is 0 Å². The standard InChI is InChI=1S/C12H14BrN/c1-9-4-10(7-13)6-11(5-9)12(2,3)8-14/h4-6H,7H2,1-3H3. The topological polar surface area (TPSA) is 23.8 Å². The Morgan fingerprint density at radius 2 is 2.00 bits per heavy atom. The molecule has 1 nitrogen and oxygen atoms in total. The van der Waals surface area contributed by atoms with Crippen LogP contribution >= 0.6 is 15.9 Å². The Kier molecular flexibility index (Phi) is 3.34. The SMILES string of the molecule is Cc1cc(CBr)cc(C(C)(C)C#N)c1. The summed E-state index contributed by atoms with van der Waals surface area (Å²) < 4.78 is 0. The van der Waals surface area contributed by atoms with Gasteiger partial charge in [-0.25, -0.2) is 0 Å². The highest BCUT2D eigenvalue weighted by molar-refractivity contribution is 9.08. The predicted octanol–water partition coefficient (Wildman–Crippen LogP) is 3.69. The molecule has 0 atom stereocenters. The second-order valence-corrected chi connectivity index (χ2v) is 4.64. The van der Waals surface area contributed by atoms with Gasteiger partial charge in [-0.05, 0) is 31.9 Å². The Bertz CT molecular complexity index is 374. The summed E-state index contributed by atoms with van der Waals surface area (Å²) >= 11 is 3.43. The third-order valence-electron chi connectivity index (χ3n) is 2.29. The maximum absolute atomic E-state index is 9.04. The molecule has 1 rings (SSSR count). The van der Waals surface area contributed by atoms with Gasteiger partial charge in [0.25, 0.3) is 0 Å². The predicted molar refractivity (Wildman–Crippen MR) is 62.4 cm³/mol. The van der Waals surface area contributed by atoms with Gasteiger partial charge < -0.3 is 0 Å². The summed E-state index contributed by atoms with van der Waals surface area (Å²) in [6.07, 6.45) is 0. The van der Waals surface area contributed by atoms with Crippen molar-refractivity contribution in [2.75, 3.05) is 0 Å². The number of aryl methyl sites for hydroxylation is 1. The van der Waals surface area contributed by atoms with Crippen LogP contribution in [0.5, 0.6) is 0 Å². The molecule has 0 radical (unpaired) electrons. The van der Waals surface area contributed by atoms with Crippen LogP contribution in [0.4, 0.5) is 0 Å². The van der Waals surface area contributed by atoms with Crippen LogP contribution in [0.2, 0.25) is 0 Å². The summed E-state index contributed by atoms with van der Waals surface area (Å²) in [5.41, 5.74) is 3.13. The molecule has 0 amide bonds. The molecule has 1 aromatic carbocycles. The minimum atomic E-state index is -0.400. The smallest absolute Gasteiger partial charge is 0.0766 e. The zero-order valence-corrected chi connectivity index (χ0v) is 10.4. The second-order valence-electron chi connectivity index (χ2n) is 4.08. The number of hydrogen-bond acceptors (Lipinski definition) is 1. The lowest BCUT2D eigenvalue weighted by Gasteiger charge is -2.17. The maximum atomic E-state index is 9.04. The van der Waals surface area contributed by atoms with Gasteiger partial charge in [-0.1, -0.05) is 39.7 Å². The van der Waals surface area contributed by atoms with Crippen LogP contribution in [-0.4, -0.2) is 0 Å². The zero-order valence-electron chi connectivity index (χ0n) is 8.76. The minimum Gasteiger partial charge on any atom is -0.197 e. The molecule has 0 saturated heterocycles. The Morgan fingerprint density at radius 3 is 2.50 bits per heavy atom. The fraction of sp³-hybridized carbons (Fsp3) is 0.417. The average Bonchev–Trinajstić information content (AvgIpc) is 2.16. The molecule has 0 aliphatic carbocycles. The van der Waals surface area contributed by atoms with Gasteiger partial charge >= 0.3 is 0 Å². The summed E-state index contributed by atoms with van der Waals surface area (Å²) in [6.45, 7) is 5.95. The van der Waals surface area contributed by atoms with Gasteiger partial charge in [0.1, 0.15) is 0 Å². The van der Waals surface area contributed by atoms with Crippen LogP contribution in [0.3, 0.4) is 0 Å². The summed E-state index contributed by atoms with van der Waals surface area (Å²) in [6, 6.07) is 8.62. The quantitative estimate of drug-likeness (QED) is 0.736. The fourth-order valence-electron chi connectivity index (χ4n) is 1.36. The van der Waals surface area contributed by atoms with Crippen molar-refractivity contribution in [3.63, 3.8) is 0 Å². The molecule has 0 saturated carbocycles. The monoisotopic (exact) mass is 251 g/mol. The molecule has 0 unspecified atom stereocenters. The van der Waals surface area contributed by atoms with Gasteiger partial charge in [0, 0.05) is 5.33 Å². The first-order chi connectivity index (χ1) is 6.49. The number of benzene rings is 1. The lowest BCUT2D eigenvalue weighted by Crippen LogP contribution is -2.14. The van der Waals surface area contributed by atoms with Gasteiger partial charge in [-0.15, -0.1) is 0 Å². The molecule has 74 valence electrons. The summed E-state index contributed by atoms with van der Waals surface area (Å²) in [5.74, 6) is 0. The largest absolute Gasteiger partial charge is 0.197 e. The van der Waals surface area contributed by atoms with Gasteiger partial charge in [-0.2, -0.15) is 5.26 Å². The normalized spacial score (nSPS) is 11.1. The highest BCUT2D eigenvalue weighted by Gasteiger charge is 2.20. The third-order valence-corrected chi connectivity index (χ3v) is 2.94. The second kappa shape index (κ2) is 4.14. The van der Waals surface area contributed by atoms with E-state index in [0.717, 1.165) is 10.9 Å². The van der Waals surface area contributed by atoms with Crippen LogP contribution < -0.4 is 0 Å². The highest BCUT2D eigenvalue weighted by atomic mass is 79.9. The van der Waals surface area contributed by atoms with Crippen molar-refractivity contribution in [2.45, 2.75) is 31.5 Å². The summed E-state index contributed by atoms with van der Waals surface area (Å²) in [7, 11) is 0. The third kappa shape index (κ3) is 2.36. The van der Waals surface area contributed by atoms with Crippen molar-refractivity contribution >= 4 is 15.9 Å². The molecule has 14 heavy (non-hydrogen) atoms. The van der Waals surface area contributed by atoms with E-state index in [4.69, 9.17) is 5.26 Å². The zero-order chi connectivity index (χ0) is 10.8. The van der Waals surface area contributed by atoms with E-state index >= 15 is 0 Å². The van der Waals surface area contributed by atoms with Crippen LogP contribution in [0.1, 0.15) is 30.5 Å². The van der Waals surface area contributed by atoms with E-state index < -0.39 is 5.41 Å². The average molecular weight is 252 g/mol. The molecule has 0 fully saturated rings. The first-order valence-corrected chi connectivity index (χ1v) is 5.70. The van der Waals surface area contributed by atoms with Gasteiger partial charge in [0.2, 0.25) is 0 Å². The highest BCUT2D eigenvalue weighted by Crippen LogP contribution is 2.25. The Labute approximate surface area is 93.9 Å². The molecule has 0 aliphatic heterocycles. The van der Waals surface area contributed by atoms with Crippen molar-refractivity contribution in [1.82, 2.24) is 0 Å². The van der Waals surface area contributed by atoms with Gasteiger partial charge in [-0.3, -0.25) is 0 Å². The molecule has 0 aliphatic rings. The number of alkyl halides is 1. The van der Waals surface area contributed by atoms with Crippen molar-refractivity contribution in [3.05, 3.63) is 34.9 Å². The maximum Gasteiger partial charge on any atom is 0.0766 e. The van der Waals surface area contributed by atoms with Crippen molar-refractivity contribution in [3.8, 4) is 6.07 Å². The molecule has 0 N–H and O–H groups in total. The van der Waals surface area contributed by atoms with E-state index in [1.54, 1.807) is 0 Å². The van der Waals surface area contributed by atoms with Gasteiger partial charge in [0.05, 0.1) is 11.5 Å². The van der Waals surface area contributed by atoms with E-state index in [2.05, 4.69) is 47.1 Å². The van der Waals surface area contributed by atoms with Gasteiger partial charge in [0.15, 0.2) is 0 Å². The van der Waals surface area contributed by atoms with Crippen molar-refractivity contribution < 1.29 is 0 Å². The summed E-state index contributed by atoms with van der Waals surface area (Å²) in [4.78, 5) is 0. The van der Waals surface area contributed by atoms with E-state index in [1.165, 1.54) is 11.1 Å². The van der Waals surface area contributed by atoms with Crippen LogP contribution in [-0.2, 0) is 10.7 Å². The van der Waals surface area contributed by atoms with Crippen LogP contribution in [0.15, 0.2) is 18.2 Å². The molecule has 0 aromatic heterocycles. The van der Waals surface area contributed by atoms with Crippen molar-refractivity contribution in [2.24, 2.45) is 0 Å². The van der Waals surface area contributed by atoms with E-state index in [0.29, 0.717) is 0 Å². The molecule has 2 heteroatoms. The number of halogens is 1. The molecular weight excluding hydrogens is 238 g/mol. The molecule has 1 aromatic rings. The van der Waals surface area contributed by atoms with E-state index in [-0.39, 0.29) is 0 Å². The minimum absolute atomic E-state index is 0.400. The number of nitriles is 1. The van der Waals surface area contributed by atoms with Crippen molar-refractivity contribution in [1.29, 1.82) is 5.26 Å². The van der Waals surface area contributed by atoms with Crippen LogP contribution in [0.25, 0.3) is 0 Å².